The molecule has 2 aliphatic heterocycles. The highest BCUT2D eigenvalue weighted by Crippen LogP contribution is 2.53. The van der Waals surface area contributed by atoms with Crippen LogP contribution in [0.25, 0.3) is 0 Å². The first-order chi connectivity index (χ1) is 19.2. The lowest BCUT2D eigenvalue weighted by molar-refractivity contribution is 0.0531. The monoisotopic (exact) mass is 599 g/mol. The molecule has 0 radical (unpaired) electrons. The highest BCUT2D eigenvalue weighted by atomic mass is 35.5. The van der Waals surface area contributed by atoms with Gasteiger partial charge in [0.05, 0.1) is 10.9 Å². The van der Waals surface area contributed by atoms with Gasteiger partial charge in [-0.2, -0.15) is 4.31 Å². The van der Waals surface area contributed by atoms with Crippen LogP contribution in [0.5, 0.6) is 0 Å². The molecule has 7 nitrogen and oxygen atoms in total. The van der Waals surface area contributed by atoms with Crippen molar-refractivity contribution in [3.8, 4) is 0 Å². The second kappa shape index (κ2) is 10.9. The number of hydrogen-bond acceptors (Lipinski definition) is 5. The fraction of sp³-hybridized carbons (Fsp3) is 0.367. The number of sulfonamides is 1. The Morgan fingerprint density at radius 3 is 2.30 bits per heavy atom. The van der Waals surface area contributed by atoms with Crippen LogP contribution < -0.4 is 4.90 Å². The molecule has 6 rings (SSSR count). The summed E-state index contributed by atoms with van der Waals surface area (Å²) in [6.45, 7) is 4.95. The Labute approximate surface area is 245 Å². The summed E-state index contributed by atoms with van der Waals surface area (Å²) in [5.41, 5.74) is 4.48. The van der Waals surface area contributed by atoms with Crippen molar-refractivity contribution in [2.45, 2.75) is 36.8 Å². The number of halogens is 2. The smallest absolute Gasteiger partial charge is 0.410 e. The molecule has 40 heavy (non-hydrogen) atoms. The zero-order valence-corrected chi connectivity index (χ0v) is 24.5. The Morgan fingerprint density at radius 2 is 1.60 bits per heavy atom. The summed E-state index contributed by atoms with van der Waals surface area (Å²) in [6, 6.07) is 20.6. The average molecular weight is 601 g/mol. The van der Waals surface area contributed by atoms with Crippen LogP contribution in [0.4, 0.5) is 10.5 Å². The molecule has 210 valence electrons. The number of likely N-dealkylation sites (tertiary alicyclic amines) is 1. The normalized spacial score (nSPS) is 22.7. The lowest BCUT2D eigenvalue weighted by atomic mass is 9.86. The Morgan fingerprint density at radius 1 is 0.900 bits per heavy atom. The number of amides is 1. The van der Waals surface area contributed by atoms with Crippen molar-refractivity contribution in [3.05, 3.63) is 93.5 Å². The van der Waals surface area contributed by atoms with Gasteiger partial charge in [-0.3, -0.25) is 0 Å². The van der Waals surface area contributed by atoms with Gasteiger partial charge in [-0.05, 0) is 65.3 Å². The summed E-state index contributed by atoms with van der Waals surface area (Å²) < 4.78 is 33.7. The van der Waals surface area contributed by atoms with E-state index in [-0.39, 0.29) is 23.6 Å². The van der Waals surface area contributed by atoms with Crippen molar-refractivity contribution >= 4 is 45.0 Å². The first kappa shape index (κ1) is 27.4. The molecule has 0 N–H and O–H groups in total. The number of piperazine rings is 1. The SMILES string of the molecule is C[C@H]1C2CCN(C(=O)OCc3ccccc3)C1c1cc(N3CCN(S(=O)(=O)c4cc(Cl)cc(Cl)c4)CC3)ccc12. The van der Waals surface area contributed by atoms with Crippen LogP contribution in [0.1, 0.15) is 42.0 Å². The molecule has 2 heterocycles. The number of anilines is 1. The highest BCUT2D eigenvalue weighted by Gasteiger charge is 2.47. The molecule has 0 aromatic heterocycles. The van der Waals surface area contributed by atoms with E-state index in [1.54, 1.807) is 0 Å². The standard InChI is InChI=1S/C30H31Cl2N3O4S/c1-20-26-9-10-35(30(36)39-19-21-5-3-2-4-6-21)29(20)28-18-24(7-8-27(26)28)33-11-13-34(14-12-33)40(37,38)25-16-22(31)15-23(32)17-25/h2-8,15-18,20,26,29H,9-14,19H2,1H3/t20-,26?,29?/m0/s1. The van der Waals surface area contributed by atoms with E-state index in [0.29, 0.717) is 54.6 Å². The van der Waals surface area contributed by atoms with Crippen molar-refractivity contribution in [2.75, 3.05) is 37.6 Å². The van der Waals surface area contributed by atoms with E-state index in [4.69, 9.17) is 27.9 Å². The van der Waals surface area contributed by atoms with Crippen LogP contribution in [0.2, 0.25) is 10.0 Å². The molecule has 2 bridgehead atoms. The number of fused-ring (bicyclic) bond motifs is 5. The maximum absolute atomic E-state index is 13.2. The predicted molar refractivity (Wildman–Crippen MR) is 156 cm³/mol. The Balaban J connectivity index is 1.17. The minimum Gasteiger partial charge on any atom is -0.445 e. The third-order valence-electron chi connectivity index (χ3n) is 8.46. The van der Waals surface area contributed by atoms with Gasteiger partial charge in [0.1, 0.15) is 6.61 Å². The first-order valence-corrected chi connectivity index (χ1v) is 15.7. The van der Waals surface area contributed by atoms with Crippen molar-refractivity contribution in [2.24, 2.45) is 5.92 Å². The summed E-state index contributed by atoms with van der Waals surface area (Å²) in [5.74, 6) is 0.716. The lowest BCUT2D eigenvalue weighted by Crippen LogP contribution is -2.48. The van der Waals surface area contributed by atoms with Gasteiger partial charge in [0.15, 0.2) is 0 Å². The summed E-state index contributed by atoms with van der Waals surface area (Å²) in [4.78, 5) is 17.4. The average Bonchev–Trinajstić information content (AvgIpc) is 3.10. The van der Waals surface area contributed by atoms with Crippen LogP contribution >= 0.6 is 23.2 Å². The van der Waals surface area contributed by atoms with E-state index in [1.807, 2.05) is 35.2 Å². The van der Waals surface area contributed by atoms with Gasteiger partial charge < -0.3 is 14.5 Å². The summed E-state index contributed by atoms with van der Waals surface area (Å²) >= 11 is 12.1. The molecule has 0 saturated carbocycles. The molecule has 1 aliphatic carbocycles. The fourth-order valence-electron chi connectivity index (χ4n) is 6.45. The summed E-state index contributed by atoms with van der Waals surface area (Å²) in [6.07, 6.45) is 0.631. The number of piperidine rings is 1. The molecule has 10 heteroatoms. The van der Waals surface area contributed by atoms with Crippen LogP contribution in [-0.4, -0.2) is 56.4 Å². The third-order valence-corrected chi connectivity index (χ3v) is 10.8. The van der Waals surface area contributed by atoms with E-state index in [1.165, 1.54) is 33.6 Å². The zero-order chi connectivity index (χ0) is 28.0. The van der Waals surface area contributed by atoms with Crippen LogP contribution in [-0.2, 0) is 21.4 Å². The molecule has 3 aliphatic rings. The second-order valence-electron chi connectivity index (χ2n) is 10.7. The molecular weight excluding hydrogens is 569 g/mol. The van der Waals surface area contributed by atoms with Crippen LogP contribution in [0, 0.1) is 5.92 Å². The van der Waals surface area contributed by atoms with E-state index < -0.39 is 10.0 Å². The van der Waals surface area contributed by atoms with Gasteiger partial charge in [0.25, 0.3) is 0 Å². The van der Waals surface area contributed by atoms with Gasteiger partial charge in [-0.25, -0.2) is 13.2 Å². The first-order valence-electron chi connectivity index (χ1n) is 13.5. The van der Waals surface area contributed by atoms with Crippen LogP contribution in [0.3, 0.4) is 0 Å². The quantitative estimate of drug-likeness (QED) is 0.343. The van der Waals surface area contributed by atoms with E-state index in [0.717, 1.165) is 17.7 Å². The van der Waals surface area contributed by atoms with Gasteiger partial charge >= 0.3 is 6.09 Å². The van der Waals surface area contributed by atoms with Gasteiger partial charge in [-0.15, -0.1) is 0 Å². The van der Waals surface area contributed by atoms with E-state index in [9.17, 15) is 13.2 Å². The van der Waals surface area contributed by atoms with Crippen molar-refractivity contribution in [1.82, 2.24) is 9.21 Å². The molecule has 2 unspecified atom stereocenters. The van der Waals surface area contributed by atoms with Gasteiger partial charge in [-0.1, -0.05) is 66.5 Å². The number of carbonyl (C=O) groups is 1. The molecule has 3 aromatic carbocycles. The minimum atomic E-state index is -3.70. The number of nitrogens with zero attached hydrogens (tertiary/aromatic N) is 3. The second-order valence-corrected chi connectivity index (χ2v) is 13.6. The molecule has 2 fully saturated rings. The molecule has 2 saturated heterocycles. The number of hydrogen-bond donors (Lipinski definition) is 0. The summed E-state index contributed by atoms with van der Waals surface area (Å²) in [5, 5.41) is 0.584. The Hall–Kier alpha value is -2.78. The number of benzene rings is 3. The fourth-order valence-corrected chi connectivity index (χ4v) is 8.60. The predicted octanol–water partition coefficient (Wildman–Crippen LogP) is 6.32. The third kappa shape index (κ3) is 5.07. The van der Waals surface area contributed by atoms with Crippen molar-refractivity contribution < 1.29 is 17.9 Å². The maximum Gasteiger partial charge on any atom is 0.410 e. The summed E-state index contributed by atoms with van der Waals surface area (Å²) in [7, 11) is -3.70. The number of ether oxygens (including phenoxy) is 1. The molecule has 1 amide bonds. The zero-order valence-electron chi connectivity index (χ0n) is 22.2. The Bertz CT molecular complexity index is 1510. The molecule has 3 atom stereocenters. The molecular formula is C30H31Cl2N3O4S. The molecule has 3 aromatic rings. The van der Waals surface area contributed by atoms with E-state index >= 15 is 0 Å². The number of carbonyl (C=O) groups excluding carboxylic acids is 1. The van der Waals surface area contributed by atoms with Crippen molar-refractivity contribution in [3.63, 3.8) is 0 Å². The highest BCUT2D eigenvalue weighted by molar-refractivity contribution is 7.89. The number of rotatable bonds is 5. The lowest BCUT2D eigenvalue weighted by Gasteiger charge is -2.38. The van der Waals surface area contributed by atoms with Gasteiger partial charge in [0, 0.05) is 48.5 Å². The topological polar surface area (TPSA) is 70.2 Å². The van der Waals surface area contributed by atoms with Crippen molar-refractivity contribution in [1.29, 1.82) is 0 Å². The Kier molecular flexibility index (Phi) is 7.46. The van der Waals surface area contributed by atoms with Gasteiger partial charge in [0.2, 0.25) is 10.0 Å². The van der Waals surface area contributed by atoms with E-state index in [2.05, 4.69) is 30.0 Å². The maximum atomic E-state index is 13.2. The van der Waals surface area contributed by atoms with Crippen LogP contribution in [0.15, 0.2) is 71.6 Å². The minimum absolute atomic E-state index is 0.0359. The largest absolute Gasteiger partial charge is 0.445 e. The molecule has 0 spiro atoms.